The largest absolute Gasteiger partial charge is 0.508 e. The standard InChI is InChI=1S/C15H20O4/c1-11(8-9-19-15(17)18-3)4-6-13-10-12(2)5-7-14(13)16/h5,7-8,10,16H,4,6,9H2,1-3H3/b11-8+. The fourth-order valence-electron chi connectivity index (χ4n) is 1.66. The zero-order valence-electron chi connectivity index (χ0n) is 11.6. The molecule has 1 N–H and O–H groups in total. The minimum atomic E-state index is -0.680. The predicted molar refractivity (Wildman–Crippen MR) is 73.3 cm³/mol. The Labute approximate surface area is 113 Å². The monoisotopic (exact) mass is 264 g/mol. The number of hydrogen-bond donors (Lipinski definition) is 1. The highest BCUT2D eigenvalue weighted by atomic mass is 16.7. The third-order valence-corrected chi connectivity index (χ3v) is 2.82. The fraction of sp³-hybridized carbons (Fsp3) is 0.400. The molecule has 0 aliphatic heterocycles. The van der Waals surface area contributed by atoms with E-state index in [0.29, 0.717) is 5.75 Å². The van der Waals surface area contributed by atoms with Crippen LogP contribution in [0, 0.1) is 6.92 Å². The molecule has 0 spiro atoms. The molecule has 104 valence electrons. The highest BCUT2D eigenvalue weighted by molar-refractivity contribution is 5.59. The second-order valence-corrected chi connectivity index (χ2v) is 4.45. The molecule has 0 amide bonds. The maximum atomic E-state index is 10.7. The molecule has 1 aromatic carbocycles. The van der Waals surface area contributed by atoms with Crippen LogP contribution < -0.4 is 0 Å². The third kappa shape index (κ3) is 5.46. The minimum Gasteiger partial charge on any atom is -0.508 e. The molecule has 0 atom stereocenters. The van der Waals surface area contributed by atoms with Crippen LogP contribution in [-0.4, -0.2) is 25.0 Å². The topological polar surface area (TPSA) is 55.8 Å². The molecule has 4 heteroatoms. The van der Waals surface area contributed by atoms with Gasteiger partial charge in [-0.15, -0.1) is 0 Å². The molecule has 0 bridgehead atoms. The van der Waals surface area contributed by atoms with Crippen molar-refractivity contribution in [2.24, 2.45) is 0 Å². The quantitative estimate of drug-likeness (QED) is 0.654. The highest BCUT2D eigenvalue weighted by Gasteiger charge is 2.02. The SMILES string of the molecule is COC(=O)OC/C=C(\C)CCc1cc(C)ccc1O. The summed E-state index contributed by atoms with van der Waals surface area (Å²) >= 11 is 0. The number of rotatable bonds is 5. The molecule has 1 aromatic rings. The van der Waals surface area contributed by atoms with Gasteiger partial charge in [0.15, 0.2) is 0 Å². The second kappa shape index (κ2) is 7.46. The van der Waals surface area contributed by atoms with Gasteiger partial charge in [-0.3, -0.25) is 0 Å². The zero-order chi connectivity index (χ0) is 14.3. The van der Waals surface area contributed by atoms with Crippen molar-refractivity contribution in [1.29, 1.82) is 0 Å². The summed E-state index contributed by atoms with van der Waals surface area (Å²) in [6, 6.07) is 5.57. The van der Waals surface area contributed by atoms with Crippen LogP contribution in [0.25, 0.3) is 0 Å². The van der Waals surface area contributed by atoms with Gasteiger partial charge in [0, 0.05) is 0 Å². The molecule has 0 saturated heterocycles. The van der Waals surface area contributed by atoms with Gasteiger partial charge >= 0.3 is 6.16 Å². The van der Waals surface area contributed by atoms with Crippen LogP contribution >= 0.6 is 0 Å². The highest BCUT2D eigenvalue weighted by Crippen LogP contribution is 2.21. The van der Waals surface area contributed by atoms with Crippen molar-refractivity contribution in [2.75, 3.05) is 13.7 Å². The van der Waals surface area contributed by atoms with Gasteiger partial charge in [0.25, 0.3) is 0 Å². The maximum Gasteiger partial charge on any atom is 0.508 e. The molecule has 0 radical (unpaired) electrons. The Morgan fingerprint density at radius 3 is 2.84 bits per heavy atom. The van der Waals surface area contributed by atoms with Crippen LogP contribution in [0.1, 0.15) is 24.5 Å². The number of carbonyl (C=O) groups excluding carboxylic acids is 1. The Kier molecular flexibility index (Phi) is 5.93. The van der Waals surface area contributed by atoms with E-state index in [9.17, 15) is 9.90 Å². The van der Waals surface area contributed by atoms with Crippen LogP contribution in [0.4, 0.5) is 4.79 Å². The first-order chi connectivity index (χ1) is 9.02. The van der Waals surface area contributed by atoms with Gasteiger partial charge in [0.1, 0.15) is 12.4 Å². The lowest BCUT2D eigenvalue weighted by Crippen LogP contribution is -2.04. The average Bonchev–Trinajstić information content (AvgIpc) is 2.39. The Morgan fingerprint density at radius 2 is 2.16 bits per heavy atom. The molecule has 0 heterocycles. The number of carbonyl (C=O) groups is 1. The average molecular weight is 264 g/mol. The summed E-state index contributed by atoms with van der Waals surface area (Å²) in [5, 5.41) is 9.72. The molecule has 1 rings (SSSR count). The summed E-state index contributed by atoms with van der Waals surface area (Å²) in [5.41, 5.74) is 3.16. The van der Waals surface area contributed by atoms with Gasteiger partial charge < -0.3 is 14.6 Å². The minimum absolute atomic E-state index is 0.207. The molecular formula is C15H20O4. The molecule has 4 nitrogen and oxygen atoms in total. The molecule has 19 heavy (non-hydrogen) atoms. The molecule has 0 aromatic heterocycles. The van der Waals surface area contributed by atoms with Crippen molar-refractivity contribution in [2.45, 2.75) is 26.7 Å². The summed E-state index contributed by atoms with van der Waals surface area (Å²) in [4.78, 5) is 10.7. The van der Waals surface area contributed by atoms with Crippen LogP contribution in [0.15, 0.2) is 29.8 Å². The summed E-state index contributed by atoms with van der Waals surface area (Å²) in [7, 11) is 1.28. The molecule has 0 saturated carbocycles. The zero-order valence-corrected chi connectivity index (χ0v) is 11.6. The van der Waals surface area contributed by atoms with Crippen molar-refractivity contribution in [3.05, 3.63) is 41.0 Å². The molecular weight excluding hydrogens is 244 g/mol. The first kappa shape index (κ1) is 15.1. The van der Waals surface area contributed by atoms with Gasteiger partial charge in [-0.05, 0) is 44.4 Å². The van der Waals surface area contributed by atoms with Gasteiger partial charge in [0.05, 0.1) is 7.11 Å². The van der Waals surface area contributed by atoms with Crippen molar-refractivity contribution in [1.82, 2.24) is 0 Å². The van der Waals surface area contributed by atoms with Gasteiger partial charge in [-0.25, -0.2) is 4.79 Å². The number of aromatic hydroxyl groups is 1. The van der Waals surface area contributed by atoms with Crippen molar-refractivity contribution in [3.63, 3.8) is 0 Å². The van der Waals surface area contributed by atoms with Crippen LogP contribution in [-0.2, 0) is 15.9 Å². The van der Waals surface area contributed by atoms with Crippen LogP contribution in [0.2, 0.25) is 0 Å². The summed E-state index contributed by atoms with van der Waals surface area (Å²) in [5.74, 6) is 0.323. The first-order valence-corrected chi connectivity index (χ1v) is 6.17. The van der Waals surface area contributed by atoms with Gasteiger partial charge in [0.2, 0.25) is 0 Å². The number of methoxy groups -OCH3 is 1. The Bertz CT molecular complexity index is 463. The van der Waals surface area contributed by atoms with Gasteiger partial charge in [-0.2, -0.15) is 0 Å². The summed E-state index contributed by atoms with van der Waals surface area (Å²) in [6.45, 7) is 4.17. The number of benzene rings is 1. The van der Waals surface area contributed by atoms with E-state index < -0.39 is 6.16 Å². The summed E-state index contributed by atoms with van der Waals surface area (Å²) < 4.78 is 9.14. The Morgan fingerprint density at radius 1 is 1.42 bits per heavy atom. The lowest BCUT2D eigenvalue weighted by Gasteiger charge is -2.06. The number of phenolic OH excluding ortho intramolecular Hbond substituents is 1. The Hall–Kier alpha value is -1.97. The number of aryl methyl sites for hydroxylation is 2. The first-order valence-electron chi connectivity index (χ1n) is 6.17. The van der Waals surface area contributed by atoms with Gasteiger partial charge in [-0.1, -0.05) is 23.3 Å². The normalized spacial score (nSPS) is 11.2. The molecule has 0 fully saturated rings. The number of phenols is 1. The predicted octanol–water partition coefficient (Wildman–Crippen LogP) is 3.36. The van der Waals surface area contributed by atoms with Crippen molar-refractivity contribution >= 4 is 6.16 Å². The lowest BCUT2D eigenvalue weighted by atomic mass is 10.0. The van der Waals surface area contributed by atoms with E-state index in [2.05, 4.69) is 4.74 Å². The van der Waals surface area contributed by atoms with Crippen LogP contribution in [0.5, 0.6) is 5.75 Å². The van der Waals surface area contributed by atoms with E-state index in [1.165, 1.54) is 7.11 Å². The smallest absolute Gasteiger partial charge is 0.508 e. The number of allylic oxidation sites excluding steroid dienone is 1. The molecule has 0 unspecified atom stereocenters. The molecule has 0 aliphatic carbocycles. The molecule has 0 aliphatic rings. The lowest BCUT2D eigenvalue weighted by molar-refractivity contribution is 0.0816. The van der Waals surface area contributed by atoms with Crippen molar-refractivity contribution in [3.8, 4) is 5.75 Å². The Balaban J connectivity index is 2.45. The van der Waals surface area contributed by atoms with E-state index in [4.69, 9.17) is 4.74 Å². The number of ether oxygens (including phenoxy) is 2. The van der Waals surface area contributed by atoms with E-state index in [1.54, 1.807) is 6.07 Å². The van der Waals surface area contributed by atoms with Crippen LogP contribution in [0.3, 0.4) is 0 Å². The third-order valence-electron chi connectivity index (χ3n) is 2.82. The second-order valence-electron chi connectivity index (χ2n) is 4.45. The summed E-state index contributed by atoms with van der Waals surface area (Å²) in [6.07, 6.45) is 2.72. The van der Waals surface area contributed by atoms with Crippen molar-refractivity contribution < 1.29 is 19.4 Å². The van der Waals surface area contributed by atoms with E-state index in [-0.39, 0.29) is 6.61 Å². The van der Waals surface area contributed by atoms with E-state index in [1.807, 2.05) is 32.1 Å². The maximum absolute atomic E-state index is 10.7. The van der Waals surface area contributed by atoms with E-state index >= 15 is 0 Å². The number of hydrogen-bond acceptors (Lipinski definition) is 4. The van der Waals surface area contributed by atoms with E-state index in [0.717, 1.165) is 29.5 Å². The fourth-order valence-corrected chi connectivity index (χ4v) is 1.66.